The van der Waals surface area contributed by atoms with E-state index >= 15 is 0 Å². The van der Waals surface area contributed by atoms with E-state index in [2.05, 4.69) is 20.1 Å². The number of piperazine rings is 1. The number of nitrogens with one attached hydrogen (secondary N) is 1. The molecule has 1 aliphatic rings. The number of hydrogen-bond donors (Lipinski definition) is 2. The van der Waals surface area contributed by atoms with Gasteiger partial charge in [0.25, 0.3) is 5.91 Å². The number of aliphatic hydroxyl groups excluding tert-OH is 1. The smallest absolute Gasteiger partial charge is 0.255 e. The average Bonchev–Trinajstić information content (AvgIpc) is 2.88. The van der Waals surface area contributed by atoms with Crippen LogP contribution in [0, 0.1) is 0 Å². The van der Waals surface area contributed by atoms with Gasteiger partial charge in [-0.15, -0.1) is 0 Å². The maximum atomic E-state index is 12.5. The summed E-state index contributed by atoms with van der Waals surface area (Å²) in [7, 11) is 0. The number of rotatable bonds is 8. The minimum atomic E-state index is -1.15. The lowest BCUT2D eigenvalue weighted by Gasteiger charge is -2.36. The fourth-order valence-electron chi connectivity index (χ4n) is 3.63. The van der Waals surface area contributed by atoms with Crippen LogP contribution in [0.15, 0.2) is 72.9 Å². The number of hydrogen-bond acceptors (Lipinski definition) is 6. The maximum Gasteiger partial charge on any atom is 0.255 e. The standard InChI is InChI=1S/C25H27FN4O3/c26-17-22(31)18-33-23-10-4-19(5-11-23)25(32)28-20-6-8-21(9-7-20)29-13-15-30(16-14-29)24-3-1-2-12-27-24/h1-12,22,31H,13-18H2,(H,28,32)/t22-/m0/s1. The van der Waals surface area contributed by atoms with Gasteiger partial charge in [0.1, 0.15) is 31.0 Å². The molecule has 1 fully saturated rings. The van der Waals surface area contributed by atoms with E-state index in [0.717, 1.165) is 37.7 Å². The van der Waals surface area contributed by atoms with Crippen LogP contribution in [0.2, 0.25) is 0 Å². The van der Waals surface area contributed by atoms with Crippen molar-refractivity contribution in [1.82, 2.24) is 4.98 Å². The van der Waals surface area contributed by atoms with Crippen molar-refractivity contribution in [2.75, 3.05) is 54.6 Å². The Labute approximate surface area is 192 Å². The molecular formula is C25H27FN4O3. The fourth-order valence-corrected chi connectivity index (χ4v) is 3.63. The first kappa shape index (κ1) is 22.5. The van der Waals surface area contributed by atoms with Crippen LogP contribution in [0.25, 0.3) is 0 Å². The molecule has 0 spiro atoms. The molecule has 172 valence electrons. The number of aromatic nitrogens is 1. The second-order valence-corrected chi connectivity index (χ2v) is 7.81. The van der Waals surface area contributed by atoms with Crippen molar-refractivity contribution >= 4 is 23.1 Å². The molecule has 2 N–H and O–H groups in total. The van der Waals surface area contributed by atoms with Crippen LogP contribution in [0.5, 0.6) is 5.75 Å². The lowest BCUT2D eigenvalue weighted by atomic mass is 10.2. The van der Waals surface area contributed by atoms with E-state index in [0.29, 0.717) is 17.0 Å². The molecule has 0 radical (unpaired) electrons. The molecule has 8 heteroatoms. The van der Waals surface area contributed by atoms with Crippen LogP contribution in [0.1, 0.15) is 10.4 Å². The number of benzene rings is 2. The normalized spacial score (nSPS) is 14.6. The van der Waals surface area contributed by atoms with Crippen LogP contribution < -0.4 is 19.9 Å². The van der Waals surface area contributed by atoms with Crippen LogP contribution in [0.3, 0.4) is 0 Å². The summed E-state index contributed by atoms with van der Waals surface area (Å²) in [5.74, 6) is 1.24. The predicted octanol–water partition coefficient (Wildman–Crippen LogP) is 3.37. The molecule has 1 aliphatic heterocycles. The van der Waals surface area contributed by atoms with Gasteiger partial charge in [0.15, 0.2) is 0 Å². The quantitative estimate of drug-likeness (QED) is 0.548. The van der Waals surface area contributed by atoms with Gasteiger partial charge in [0.05, 0.1) is 0 Å². The van der Waals surface area contributed by atoms with Gasteiger partial charge >= 0.3 is 0 Å². The number of nitrogens with zero attached hydrogens (tertiary/aromatic N) is 3. The lowest BCUT2D eigenvalue weighted by molar-refractivity contribution is 0.0841. The van der Waals surface area contributed by atoms with Crippen LogP contribution in [0.4, 0.5) is 21.6 Å². The monoisotopic (exact) mass is 450 g/mol. The first-order chi connectivity index (χ1) is 16.1. The molecule has 0 aliphatic carbocycles. The number of aliphatic hydroxyl groups is 1. The van der Waals surface area contributed by atoms with Crippen LogP contribution >= 0.6 is 0 Å². The van der Waals surface area contributed by atoms with Gasteiger partial charge in [0, 0.05) is 49.3 Å². The second-order valence-electron chi connectivity index (χ2n) is 7.81. The fraction of sp³-hybridized carbons (Fsp3) is 0.280. The summed E-state index contributed by atoms with van der Waals surface area (Å²) >= 11 is 0. The van der Waals surface area contributed by atoms with Crippen molar-refractivity contribution in [3.63, 3.8) is 0 Å². The van der Waals surface area contributed by atoms with Gasteiger partial charge in [-0.05, 0) is 60.7 Å². The van der Waals surface area contributed by atoms with Gasteiger partial charge in [-0.1, -0.05) is 6.07 Å². The molecule has 1 amide bonds. The highest BCUT2D eigenvalue weighted by atomic mass is 19.1. The van der Waals surface area contributed by atoms with Crippen molar-refractivity contribution in [1.29, 1.82) is 0 Å². The minimum absolute atomic E-state index is 0.132. The molecule has 0 unspecified atom stereocenters. The minimum Gasteiger partial charge on any atom is -0.491 e. The molecule has 33 heavy (non-hydrogen) atoms. The zero-order valence-electron chi connectivity index (χ0n) is 18.2. The van der Waals surface area contributed by atoms with Crippen molar-refractivity contribution < 1.29 is 19.0 Å². The highest BCUT2D eigenvalue weighted by molar-refractivity contribution is 6.04. The van der Waals surface area contributed by atoms with Crippen molar-refractivity contribution in [3.8, 4) is 5.75 Å². The third-order valence-electron chi connectivity index (χ3n) is 5.48. The number of halogens is 1. The first-order valence-electron chi connectivity index (χ1n) is 10.9. The molecule has 2 heterocycles. The van der Waals surface area contributed by atoms with E-state index in [-0.39, 0.29) is 12.5 Å². The summed E-state index contributed by atoms with van der Waals surface area (Å²) in [6.07, 6.45) is 0.665. The first-order valence-corrected chi connectivity index (χ1v) is 10.9. The van der Waals surface area contributed by atoms with Gasteiger partial charge in [-0.25, -0.2) is 9.37 Å². The SMILES string of the molecule is O=C(Nc1ccc(N2CCN(c3ccccn3)CC2)cc1)c1ccc(OC[C@@H](O)CF)cc1. The van der Waals surface area contributed by atoms with E-state index in [1.165, 1.54) is 0 Å². The molecule has 2 aromatic carbocycles. The Morgan fingerprint density at radius 3 is 2.33 bits per heavy atom. The molecule has 4 rings (SSSR count). The van der Waals surface area contributed by atoms with E-state index in [4.69, 9.17) is 4.74 Å². The largest absolute Gasteiger partial charge is 0.491 e. The number of carbonyl (C=O) groups excluding carboxylic acids is 1. The third kappa shape index (κ3) is 5.98. The summed E-state index contributed by atoms with van der Waals surface area (Å²) in [6.45, 7) is 2.62. The second kappa shape index (κ2) is 10.8. The summed E-state index contributed by atoms with van der Waals surface area (Å²) in [5.41, 5.74) is 2.30. The number of ether oxygens (including phenoxy) is 1. The Kier molecular flexibility index (Phi) is 7.36. The summed E-state index contributed by atoms with van der Waals surface area (Å²) < 4.78 is 17.6. The van der Waals surface area contributed by atoms with Gasteiger partial charge < -0.3 is 25.0 Å². The number of alkyl halides is 1. The topological polar surface area (TPSA) is 77.9 Å². The van der Waals surface area contributed by atoms with Gasteiger partial charge in [-0.2, -0.15) is 0 Å². The van der Waals surface area contributed by atoms with E-state index in [9.17, 15) is 14.3 Å². The highest BCUT2D eigenvalue weighted by Crippen LogP contribution is 2.22. The Balaban J connectivity index is 1.28. The maximum absolute atomic E-state index is 12.5. The zero-order valence-corrected chi connectivity index (χ0v) is 18.2. The Hall–Kier alpha value is -3.65. The number of pyridine rings is 1. The summed E-state index contributed by atoms with van der Waals surface area (Å²) in [5, 5.41) is 12.1. The molecule has 1 saturated heterocycles. The van der Waals surface area contributed by atoms with Crippen molar-refractivity contribution in [3.05, 3.63) is 78.5 Å². The Bertz CT molecular complexity index is 1020. The van der Waals surface area contributed by atoms with E-state index < -0.39 is 12.8 Å². The molecule has 0 saturated carbocycles. The molecular weight excluding hydrogens is 423 g/mol. The molecule has 1 atom stereocenters. The highest BCUT2D eigenvalue weighted by Gasteiger charge is 2.18. The lowest BCUT2D eigenvalue weighted by Crippen LogP contribution is -2.46. The predicted molar refractivity (Wildman–Crippen MR) is 127 cm³/mol. The third-order valence-corrected chi connectivity index (χ3v) is 5.48. The van der Waals surface area contributed by atoms with Crippen LogP contribution in [-0.4, -0.2) is 61.6 Å². The number of carbonyl (C=O) groups is 1. The average molecular weight is 451 g/mol. The molecule has 1 aromatic heterocycles. The van der Waals surface area contributed by atoms with Gasteiger partial charge in [0.2, 0.25) is 0 Å². The van der Waals surface area contributed by atoms with Crippen molar-refractivity contribution in [2.24, 2.45) is 0 Å². The van der Waals surface area contributed by atoms with Crippen LogP contribution in [-0.2, 0) is 0 Å². The molecule has 7 nitrogen and oxygen atoms in total. The molecule has 0 bridgehead atoms. The Morgan fingerprint density at radius 2 is 1.70 bits per heavy atom. The number of amides is 1. The van der Waals surface area contributed by atoms with E-state index in [1.54, 1.807) is 24.3 Å². The summed E-state index contributed by atoms with van der Waals surface area (Å²) in [4.78, 5) is 21.6. The molecule has 3 aromatic rings. The summed E-state index contributed by atoms with van der Waals surface area (Å²) in [6, 6.07) is 20.3. The Morgan fingerprint density at radius 1 is 1.00 bits per heavy atom. The van der Waals surface area contributed by atoms with E-state index in [1.807, 2.05) is 48.7 Å². The van der Waals surface area contributed by atoms with Crippen molar-refractivity contribution in [2.45, 2.75) is 6.10 Å². The number of anilines is 3. The zero-order chi connectivity index (χ0) is 23.0. The van der Waals surface area contributed by atoms with Gasteiger partial charge in [-0.3, -0.25) is 4.79 Å².